The summed E-state index contributed by atoms with van der Waals surface area (Å²) in [5.41, 5.74) is 2.51. The number of hydrogen-bond donors (Lipinski definition) is 2. The number of fused-ring (bicyclic) bond motifs is 1. The molecule has 4 rings (SSSR count). The van der Waals surface area contributed by atoms with Crippen molar-refractivity contribution >= 4 is 45.1 Å². The van der Waals surface area contributed by atoms with E-state index in [1.54, 1.807) is 12.4 Å². The predicted octanol–water partition coefficient (Wildman–Crippen LogP) is 2.15. The molecule has 2 aliphatic heterocycles. The first-order valence-corrected chi connectivity index (χ1v) is 9.32. The first kappa shape index (κ1) is 19.1. The van der Waals surface area contributed by atoms with E-state index in [4.69, 9.17) is 4.98 Å². The van der Waals surface area contributed by atoms with Crippen LogP contribution in [0.1, 0.15) is 12.8 Å². The number of nitrogens with zero attached hydrogens (tertiary/aromatic N) is 3. The third-order valence-corrected chi connectivity index (χ3v) is 5.26. The summed E-state index contributed by atoms with van der Waals surface area (Å²) < 4.78 is 16.0. The van der Waals surface area contributed by atoms with Gasteiger partial charge in [-0.2, -0.15) is 0 Å². The third-order valence-electron chi connectivity index (χ3n) is 4.60. The average Bonchev–Trinajstić information content (AvgIpc) is 2.62. The molecule has 0 saturated carbocycles. The summed E-state index contributed by atoms with van der Waals surface area (Å²) in [5, 5.41) is 6.43. The molecule has 0 amide bonds. The van der Waals surface area contributed by atoms with Crippen LogP contribution in [0, 0.1) is 0 Å². The number of piperidine rings is 1. The van der Waals surface area contributed by atoms with Gasteiger partial charge >= 0.3 is 155 Å². The zero-order valence-corrected chi connectivity index (χ0v) is 16.8. The van der Waals surface area contributed by atoms with Gasteiger partial charge in [0, 0.05) is 0 Å². The van der Waals surface area contributed by atoms with E-state index in [9.17, 15) is 0 Å². The fraction of sp³-hybridized carbons (Fsp3) is 0.333. The van der Waals surface area contributed by atoms with Crippen molar-refractivity contribution in [2.45, 2.75) is 18.5 Å². The van der Waals surface area contributed by atoms with Gasteiger partial charge in [-0.05, 0) is 0 Å². The zero-order chi connectivity index (χ0) is 17.3. The summed E-state index contributed by atoms with van der Waals surface area (Å²) >= 11 is 2.51. The molecule has 2 aromatic rings. The van der Waals surface area contributed by atoms with Crippen molar-refractivity contribution < 1.29 is 4.39 Å². The monoisotopic (exact) mass is 435 g/mol. The van der Waals surface area contributed by atoms with Gasteiger partial charge in [-0.15, -0.1) is 12.4 Å². The number of alkyl halides is 1. The fourth-order valence-corrected chi connectivity index (χ4v) is 4.13. The molecule has 4 heterocycles. The van der Waals surface area contributed by atoms with E-state index in [0.29, 0.717) is 19.5 Å². The molecular formula is C18H20AsClFN5. The number of nitrogens with one attached hydrogen (secondary N) is 2. The van der Waals surface area contributed by atoms with Crippen molar-refractivity contribution in [1.82, 2.24) is 15.3 Å². The molecular weight excluding hydrogens is 416 g/mol. The van der Waals surface area contributed by atoms with Gasteiger partial charge in [0.25, 0.3) is 0 Å². The van der Waals surface area contributed by atoms with Crippen molar-refractivity contribution in [3.63, 3.8) is 0 Å². The first-order chi connectivity index (χ1) is 12.1. The van der Waals surface area contributed by atoms with E-state index < -0.39 is 5.67 Å². The van der Waals surface area contributed by atoms with Crippen LogP contribution in [0.2, 0.25) is 0 Å². The van der Waals surface area contributed by atoms with E-state index in [2.05, 4.69) is 32.5 Å². The maximum atomic E-state index is 15.1. The molecule has 2 aliphatic rings. The van der Waals surface area contributed by atoms with Gasteiger partial charge in [0.05, 0.1) is 0 Å². The van der Waals surface area contributed by atoms with E-state index >= 15 is 4.39 Å². The standard InChI is InChI=1S/C18H19AsFN5.ClH/c19-17-16-15(10-14(24-17)13-2-6-21-7-3-13)23-8-9-25(16)12-18(20)4-1-5-22-11-18;/h2-3,6-10,22-23H,1,4-5,11-12H2;1H. The maximum absolute atomic E-state index is 15.1. The van der Waals surface area contributed by atoms with Gasteiger partial charge in [0.15, 0.2) is 0 Å². The molecule has 0 aromatic carbocycles. The van der Waals surface area contributed by atoms with Gasteiger partial charge in [-0.3, -0.25) is 0 Å². The third kappa shape index (κ3) is 3.87. The van der Waals surface area contributed by atoms with E-state index in [0.717, 1.165) is 40.1 Å². The normalized spacial score (nSPS) is 21.5. The molecule has 1 fully saturated rings. The molecule has 26 heavy (non-hydrogen) atoms. The van der Waals surface area contributed by atoms with Crippen molar-refractivity contribution in [2.75, 3.05) is 29.9 Å². The first-order valence-electron chi connectivity index (χ1n) is 8.39. The van der Waals surface area contributed by atoms with Crippen LogP contribution in [0.15, 0.2) is 43.0 Å². The molecule has 2 N–H and O–H groups in total. The van der Waals surface area contributed by atoms with Crippen LogP contribution in [0.4, 0.5) is 15.8 Å². The molecule has 5 nitrogen and oxygen atoms in total. The Morgan fingerprint density at radius 1 is 1.31 bits per heavy atom. The average molecular weight is 436 g/mol. The quantitative estimate of drug-likeness (QED) is 0.724. The second-order valence-corrected chi connectivity index (χ2v) is 7.37. The summed E-state index contributed by atoms with van der Waals surface area (Å²) in [4.78, 5) is 10.7. The van der Waals surface area contributed by atoms with E-state index in [-0.39, 0.29) is 12.4 Å². The number of pyridine rings is 2. The minimum absolute atomic E-state index is 0. The van der Waals surface area contributed by atoms with Crippen LogP contribution in [0.5, 0.6) is 0 Å². The van der Waals surface area contributed by atoms with Gasteiger partial charge in [-0.1, -0.05) is 0 Å². The van der Waals surface area contributed by atoms with Gasteiger partial charge in [0.2, 0.25) is 0 Å². The fourth-order valence-electron chi connectivity index (χ4n) is 3.38. The number of rotatable bonds is 3. The van der Waals surface area contributed by atoms with Gasteiger partial charge < -0.3 is 0 Å². The zero-order valence-electron chi connectivity index (χ0n) is 14.2. The Morgan fingerprint density at radius 2 is 2.12 bits per heavy atom. The SMILES string of the molecule is Cl.FC1(CN2C=CNc3cc(-c4ccncc4)nc([As])c32)CCCNC1. The Balaban J connectivity index is 0.00000196. The number of anilines is 2. The van der Waals surface area contributed by atoms with Gasteiger partial charge in [-0.25, -0.2) is 0 Å². The predicted molar refractivity (Wildman–Crippen MR) is 106 cm³/mol. The van der Waals surface area contributed by atoms with Crippen molar-refractivity contribution in [3.8, 4) is 11.3 Å². The Labute approximate surface area is 167 Å². The Morgan fingerprint density at radius 3 is 2.85 bits per heavy atom. The summed E-state index contributed by atoms with van der Waals surface area (Å²) in [6.07, 6.45) is 8.71. The van der Waals surface area contributed by atoms with Crippen molar-refractivity contribution in [2.24, 2.45) is 0 Å². The number of halogens is 2. The number of hydrogen-bond acceptors (Lipinski definition) is 5. The Hall–Kier alpha value is -1.62. The second kappa shape index (κ2) is 7.95. The summed E-state index contributed by atoms with van der Waals surface area (Å²) in [6.45, 7) is 1.62. The molecule has 2 radical (unpaired) electrons. The molecule has 1 unspecified atom stereocenters. The van der Waals surface area contributed by atoms with Crippen LogP contribution in [0.3, 0.4) is 0 Å². The Kier molecular flexibility index (Phi) is 5.85. The van der Waals surface area contributed by atoms with Crippen LogP contribution in [0.25, 0.3) is 11.3 Å². The van der Waals surface area contributed by atoms with Crippen LogP contribution in [-0.4, -0.2) is 52.1 Å². The summed E-state index contributed by atoms with van der Waals surface area (Å²) in [7, 11) is 0. The van der Waals surface area contributed by atoms with Crippen LogP contribution < -0.4 is 20.0 Å². The van der Waals surface area contributed by atoms with Crippen LogP contribution >= 0.6 is 12.4 Å². The molecule has 0 aliphatic carbocycles. The molecule has 1 atom stereocenters. The minimum atomic E-state index is -1.22. The number of aromatic nitrogens is 2. The van der Waals surface area contributed by atoms with Gasteiger partial charge in [0.1, 0.15) is 0 Å². The van der Waals surface area contributed by atoms with Crippen LogP contribution in [-0.2, 0) is 0 Å². The van der Waals surface area contributed by atoms with E-state index in [1.165, 1.54) is 0 Å². The van der Waals surface area contributed by atoms with E-state index in [1.807, 2.05) is 35.5 Å². The molecule has 1 saturated heterocycles. The van der Waals surface area contributed by atoms with Crippen molar-refractivity contribution in [3.05, 3.63) is 43.0 Å². The molecule has 2 aromatic heterocycles. The molecule has 0 bridgehead atoms. The second-order valence-electron chi connectivity index (χ2n) is 6.48. The molecule has 0 spiro atoms. The molecule has 8 heteroatoms. The van der Waals surface area contributed by atoms with Crippen molar-refractivity contribution in [1.29, 1.82) is 0 Å². The topological polar surface area (TPSA) is 53.1 Å². The summed E-state index contributed by atoms with van der Waals surface area (Å²) in [5.74, 6) is 0. The summed E-state index contributed by atoms with van der Waals surface area (Å²) in [6, 6.07) is 5.87. The molecule has 136 valence electrons. The Bertz CT molecular complexity index is 796.